The fraction of sp³-hybridized carbons (Fsp3) is 0.467. The van der Waals surface area contributed by atoms with Crippen molar-refractivity contribution in [1.29, 1.82) is 0 Å². The molecule has 0 atom stereocenters. The van der Waals surface area contributed by atoms with Gasteiger partial charge in [-0.05, 0) is 62.1 Å². The summed E-state index contributed by atoms with van der Waals surface area (Å²) >= 11 is 0. The Morgan fingerprint density at radius 3 is 2.47 bits per heavy atom. The van der Waals surface area contributed by atoms with Gasteiger partial charge >= 0.3 is 17.8 Å². The normalized spacial score (nSPS) is 19.4. The van der Waals surface area contributed by atoms with Crippen LogP contribution in [0, 0.1) is 12.3 Å². The molecule has 4 aromatic rings. The van der Waals surface area contributed by atoms with E-state index in [4.69, 9.17) is 10.5 Å². The van der Waals surface area contributed by atoms with E-state index in [1.165, 1.54) is 30.2 Å². The lowest BCUT2D eigenvalue weighted by Gasteiger charge is -2.31. The topological polar surface area (TPSA) is 181 Å². The van der Waals surface area contributed by atoms with E-state index in [0.717, 1.165) is 9.08 Å². The van der Waals surface area contributed by atoms with E-state index in [9.17, 15) is 32.3 Å². The fourth-order valence-corrected chi connectivity index (χ4v) is 6.37. The third-order valence-corrected chi connectivity index (χ3v) is 8.64. The number of hydrogen-bond acceptors (Lipinski definition) is 10. The second-order valence-corrected chi connectivity index (χ2v) is 12.9. The van der Waals surface area contributed by atoms with Crippen LogP contribution >= 0.6 is 0 Å². The Balaban J connectivity index is 1.23. The average molecular weight is 656 g/mol. The number of primary amides is 1. The van der Waals surface area contributed by atoms with Crippen LogP contribution in [0.15, 0.2) is 23.3 Å². The summed E-state index contributed by atoms with van der Waals surface area (Å²) in [4.78, 5) is 54.4. The summed E-state index contributed by atoms with van der Waals surface area (Å²) in [6, 6.07) is 2.84. The number of imidazole rings is 1. The number of hydrogen-bond donors (Lipinski definition) is 2. The molecule has 47 heavy (non-hydrogen) atoms. The molecule has 0 radical (unpaired) electrons. The SMILES string of the molecule is Cc1cc(C(N)=O)c(NC2CCC(OC(=O)c3ncn4c(=O)n(C)nnc34)CC2)cc1-n1nc(C(F)(F)F)c2c1CC(C)(C)CC2=O. The molecule has 3 aromatic heterocycles. The number of ether oxygens (including phenoxy) is 1. The van der Waals surface area contributed by atoms with Crippen LogP contribution in [-0.4, -0.2) is 64.0 Å². The predicted molar refractivity (Wildman–Crippen MR) is 159 cm³/mol. The predicted octanol–water partition coefficient (Wildman–Crippen LogP) is 3.17. The van der Waals surface area contributed by atoms with Crippen molar-refractivity contribution < 1.29 is 32.3 Å². The zero-order chi connectivity index (χ0) is 34.0. The van der Waals surface area contributed by atoms with Gasteiger partial charge in [-0.2, -0.15) is 23.0 Å². The number of ketones is 1. The lowest BCUT2D eigenvalue weighted by Crippen LogP contribution is -2.32. The van der Waals surface area contributed by atoms with Gasteiger partial charge in [0, 0.05) is 25.2 Å². The standard InChI is InChI=1S/C30H32F3N9O5/c1-14-9-17(25(34)44)18(10-19(14)42-20-11-29(2,3)12-21(43)22(20)24(38-42)30(31,32)33)36-15-5-7-16(8-6-15)47-27(45)23-26-37-39-40(4)28(46)41(26)13-35-23/h9-10,13,15-16,36H,5-8,11-12H2,1-4H3,(H2,34,44). The summed E-state index contributed by atoms with van der Waals surface area (Å²) in [5.74, 6) is -2.09. The van der Waals surface area contributed by atoms with Crippen molar-refractivity contribution in [2.75, 3.05) is 5.32 Å². The molecule has 14 nitrogen and oxygen atoms in total. The molecular weight excluding hydrogens is 623 g/mol. The Morgan fingerprint density at radius 2 is 1.81 bits per heavy atom. The minimum atomic E-state index is -4.84. The second kappa shape index (κ2) is 11.3. The van der Waals surface area contributed by atoms with Crippen LogP contribution in [0.2, 0.25) is 0 Å². The van der Waals surface area contributed by atoms with Crippen LogP contribution in [-0.2, 0) is 24.4 Å². The number of nitrogens with one attached hydrogen (secondary N) is 1. The molecule has 0 unspecified atom stereocenters. The molecule has 0 bridgehead atoms. The van der Waals surface area contributed by atoms with E-state index in [2.05, 4.69) is 25.7 Å². The first-order valence-electron chi connectivity index (χ1n) is 15.0. The van der Waals surface area contributed by atoms with Crippen molar-refractivity contribution in [3.63, 3.8) is 0 Å². The maximum absolute atomic E-state index is 14.1. The zero-order valence-corrected chi connectivity index (χ0v) is 26.0. The fourth-order valence-electron chi connectivity index (χ4n) is 6.37. The number of alkyl halides is 3. The van der Waals surface area contributed by atoms with Crippen molar-refractivity contribution in [2.24, 2.45) is 18.2 Å². The molecule has 2 aliphatic rings. The maximum atomic E-state index is 14.1. The smallest absolute Gasteiger partial charge is 0.435 e. The summed E-state index contributed by atoms with van der Waals surface area (Å²) in [5.41, 5.74) is 4.14. The molecule has 1 aromatic carbocycles. The van der Waals surface area contributed by atoms with Crippen LogP contribution in [0.4, 0.5) is 18.9 Å². The number of nitrogens with zero attached hydrogens (tertiary/aromatic N) is 7. The third kappa shape index (κ3) is 5.85. The lowest BCUT2D eigenvalue weighted by atomic mass is 9.75. The first-order chi connectivity index (χ1) is 22.0. The van der Waals surface area contributed by atoms with Crippen molar-refractivity contribution >= 4 is 29.0 Å². The van der Waals surface area contributed by atoms with Gasteiger partial charge in [0.05, 0.1) is 22.5 Å². The van der Waals surface area contributed by atoms with Crippen molar-refractivity contribution in [2.45, 2.75) is 77.6 Å². The molecule has 0 aliphatic heterocycles. The number of anilines is 1. The second-order valence-electron chi connectivity index (χ2n) is 12.9. The van der Waals surface area contributed by atoms with Crippen LogP contribution in [0.25, 0.3) is 11.3 Å². The lowest BCUT2D eigenvalue weighted by molar-refractivity contribution is -0.141. The average Bonchev–Trinajstić information content (AvgIpc) is 3.59. The first-order valence-corrected chi connectivity index (χ1v) is 15.0. The maximum Gasteiger partial charge on any atom is 0.435 e. The van der Waals surface area contributed by atoms with Gasteiger partial charge in [-0.15, -0.1) is 5.10 Å². The van der Waals surface area contributed by atoms with E-state index in [0.29, 0.717) is 36.9 Å². The molecule has 1 fully saturated rings. The molecule has 0 spiro atoms. The summed E-state index contributed by atoms with van der Waals surface area (Å²) in [6.07, 6.45) is -2.03. The van der Waals surface area contributed by atoms with E-state index < -0.39 is 52.3 Å². The van der Waals surface area contributed by atoms with Gasteiger partial charge in [-0.3, -0.25) is 9.59 Å². The van der Waals surface area contributed by atoms with Gasteiger partial charge in [-0.1, -0.05) is 19.1 Å². The van der Waals surface area contributed by atoms with Crippen molar-refractivity contribution in [3.05, 3.63) is 62.7 Å². The number of fused-ring (bicyclic) bond motifs is 2. The Bertz CT molecular complexity index is 2000. The van der Waals surface area contributed by atoms with Crippen LogP contribution in [0.5, 0.6) is 0 Å². The highest BCUT2D eigenvalue weighted by Gasteiger charge is 2.45. The number of Topliss-reactive ketones (excluding diaryl/α,β-unsaturated/α-hetero) is 1. The summed E-state index contributed by atoms with van der Waals surface area (Å²) in [6.45, 7) is 5.26. The Hall–Kier alpha value is -5.09. The minimum Gasteiger partial charge on any atom is -0.458 e. The third-order valence-electron chi connectivity index (χ3n) is 8.64. The number of amides is 1. The molecule has 2 aliphatic carbocycles. The van der Waals surface area contributed by atoms with Gasteiger partial charge in [-0.25, -0.2) is 23.7 Å². The van der Waals surface area contributed by atoms with E-state index in [1.54, 1.807) is 6.92 Å². The molecule has 6 rings (SSSR count). The van der Waals surface area contributed by atoms with Crippen LogP contribution in [0.3, 0.4) is 0 Å². The van der Waals surface area contributed by atoms with Gasteiger partial charge < -0.3 is 15.8 Å². The number of carbonyl (C=O) groups excluding carboxylic acids is 3. The monoisotopic (exact) mass is 655 g/mol. The van der Waals surface area contributed by atoms with Gasteiger partial charge in [0.25, 0.3) is 5.91 Å². The number of aromatic nitrogens is 7. The number of benzene rings is 1. The Labute approximate surface area is 265 Å². The van der Waals surface area contributed by atoms with Crippen LogP contribution < -0.4 is 16.7 Å². The number of aryl methyl sites for hydroxylation is 2. The van der Waals surface area contributed by atoms with E-state index in [-0.39, 0.29) is 47.2 Å². The molecule has 3 heterocycles. The van der Waals surface area contributed by atoms with Crippen LogP contribution in [0.1, 0.15) is 94.1 Å². The van der Waals surface area contributed by atoms with Crippen molar-refractivity contribution in [1.82, 2.24) is 34.2 Å². The van der Waals surface area contributed by atoms with Crippen molar-refractivity contribution in [3.8, 4) is 5.69 Å². The van der Waals surface area contributed by atoms with Gasteiger partial charge in [0.1, 0.15) is 12.4 Å². The molecule has 0 saturated heterocycles. The van der Waals surface area contributed by atoms with E-state index in [1.807, 2.05) is 13.8 Å². The minimum absolute atomic E-state index is 0.0173. The largest absolute Gasteiger partial charge is 0.458 e. The quantitative estimate of drug-likeness (QED) is 0.293. The van der Waals surface area contributed by atoms with E-state index >= 15 is 0 Å². The number of rotatable bonds is 6. The highest BCUT2D eigenvalue weighted by Crippen LogP contribution is 2.42. The molecule has 1 amide bonds. The number of nitrogens with two attached hydrogens (primary N) is 1. The molecule has 17 heteroatoms. The zero-order valence-electron chi connectivity index (χ0n) is 26.0. The molecule has 3 N–H and O–H groups in total. The Morgan fingerprint density at radius 1 is 1.11 bits per heavy atom. The van der Waals surface area contributed by atoms with Gasteiger partial charge in [0.15, 0.2) is 22.8 Å². The summed E-state index contributed by atoms with van der Waals surface area (Å²) < 4.78 is 51.1. The highest BCUT2D eigenvalue weighted by molar-refractivity contribution is 6.01. The highest BCUT2D eigenvalue weighted by atomic mass is 19.4. The number of esters is 1. The molecule has 248 valence electrons. The molecule has 1 saturated carbocycles. The first kappa shape index (κ1) is 31.9. The Kier molecular flexibility index (Phi) is 7.67. The number of carbonyl (C=O) groups is 3. The summed E-state index contributed by atoms with van der Waals surface area (Å²) in [7, 11) is 1.42. The van der Waals surface area contributed by atoms with Gasteiger partial charge in [0.2, 0.25) is 0 Å². The number of halogens is 3. The molecular formula is C30H32F3N9O5. The summed E-state index contributed by atoms with van der Waals surface area (Å²) in [5, 5.41) is 14.8.